The molecule has 21 atom stereocenters. The van der Waals surface area contributed by atoms with E-state index in [1.54, 1.807) is 25.7 Å². The van der Waals surface area contributed by atoms with Gasteiger partial charge in [-0.2, -0.15) is 0 Å². The van der Waals surface area contributed by atoms with E-state index in [-0.39, 0.29) is 0 Å². The molecule has 0 aromatic rings. The molecule has 25 heavy (non-hydrogen) atoms. The topological polar surface area (TPSA) is 0 Å². The lowest BCUT2D eigenvalue weighted by Crippen LogP contribution is -3.46. The van der Waals surface area contributed by atoms with Crippen molar-refractivity contribution in [3.63, 3.8) is 0 Å². The van der Waals surface area contributed by atoms with Gasteiger partial charge in [0.1, 0.15) is 0 Å². The van der Waals surface area contributed by atoms with Gasteiger partial charge in [-0.05, 0) is 145 Å². The fraction of sp³-hybridized carbons (Fsp3) is 1.00. The van der Waals surface area contributed by atoms with E-state index in [0.717, 1.165) is 48.7 Å². The average Bonchev–Trinajstić information content (AvgIpc) is 2.45. The standard InChI is InChI=1S/C25H20/c1-5-13-7-2-9-15-11-4-12-16-10-3-8-14-6(1)17(5)21(13)18(7,9)23(15)20(11,12)24(16)19(8,10)22(14,17)25(21,23)24/h5-16H,1-4H2/t5-,6+,7+,8-,9-,10+,11+,12?,13?,14?,15?,16?,17?,18?,19?,20?,21?,22?,23?,24?,25?/m1/s1. The molecule has 0 aromatic carbocycles. The Morgan fingerprint density at radius 2 is 0.600 bits per heavy atom. The summed E-state index contributed by atoms with van der Waals surface area (Å²) in [6, 6.07) is 0. The van der Waals surface area contributed by atoms with E-state index in [0.29, 0.717) is 0 Å². The van der Waals surface area contributed by atoms with E-state index < -0.39 is 0 Å². The highest BCUT2D eigenvalue weighted by Gasteiger charge is 3.47. The van der Waals surface area contributed by atoms with Crippen molar-refractivity contribution >= 4 is 0 Å². The summed E-state index contributed by atoms with van der Waals surface area (Å²) in [6.45, 7) is 0. The summed E-state index contributed by atoms with van der Waals surface area (Å²) in [5.74, 6) is 16.1. The molecule has 0 saturated heterocycles. The normalized spacial score (nSPS) is 125. The van der Waals surface area contributed by atoms with Crippen molar-refractivity contribution in [3.05, 3.63) is 0 Å². The highest BCUT2D eigenvalue weighted by Crippen LogP contribution is 3.49. The molecular weight excluding hydrogens is 300 g/mol. The molecule has 0 nitrogen and oxygen atoms in total. The van der Waals surface area contributed by atoms with Gasteiger partial charge in [0, 0.05) is 0 Å². The van der Waals surface area contributed by atoms with Crippen LogP contribution in [0, 0.1) is 120 Å². The fourth-order valence-corrected chi connectivity index (χ4v) is 23.8. The molecule has 16 saturated carbocycles. The summed E-state index contributed by atoms with van der Waals surface area (Å²) in [5.41, 5.74) is 10.0. The summed E-state index contributed by atoms with van der Waals surface area (Å²) in [6.07, 6.45) is 7.08. The van der Waals surface area contributed by atoms with E-state index in [9.17, 15) is 0 Å². The van der Waals surface area contributed by atoms with Gasteiger partial charge in [-0.15, -0.1) is 0 Å². The summed E-state index contributed by atoms with van der Waals surface area (Å²) < 4.78 is 0. The van der Waals surface area contributed by atoms with Gasteiger partial charge in [0.15, 0.2) is 0 Å². The van der Waals surface area contributed by atoms with Gasteiger partial charge in [0.2, 0.25) is 0 Å². The molecule has 0 heterocycles. The molecule has 0 radical (unpaired) electrons. The predicted molar refractivity (Wildman–Crippen MR) is 82.2 cm³/mol. The Labute approximate surface area is 145 Å². The van der Waals surface area contributed by atoms with Gasteiger partial charge in [-0.3, -0.25) is 0 Å². The smallest absolute Gasteiger partial charge is 0.00143 e. The van der Waals surface area contributed by atoms with Gasteiger partial charge < -0.3 is 0 Å². The van der Waals surface area contributed by atoms with Crippen LogP contribution in [0.4, 0.5) is 0 Å². The zero-order chi connectivity index (χ0) is 14.3. The van der Waals surface area contributed by atoms with Crippen LogP contribution >= 0.6 is 0 Å². The Morgan fingerprint density at radius 1 is 0.360 bits per heavy atom. The van der Waals surface area contributed by atoms with E-state index in [1.165, 1.54) is 71.0 Å². The molecule has 0 N–H and O–H groups in total. The van der Waals surface area contributed by atoms with Crippen LogP contribution in [0.2, 0.25) is 0 Å². The summed E-state index contributed by atoms with van der Waals surface area (Å²) in [4.78, 5) is 0. The van der Waals surface area contributed by atoms with Gasteiger partial charge in [-0.25, -0.2) is 0 Å². The van der Waals surface area contributed by atoms with Gasteiger partial charge in [0.05, 0.1) is 0 Å². The Kier molecular flexibility index (Phi) is 0.517. The second kappa shape index (κ2) is 1.44. The Morgan fingerprint density at radius 3 is 0.840 bits per heavy atom. The molecule has 9 spiro atoms. The first-order chi connectivity index (χ1) is 12.4. The van der Waals surface area contributed by atoms with E-state index in [2.05, 4.69) is 0 Å². The maximum atomic E-state index is 1.77. The van der Waals surface area contributed by atoms with Crippen molar-refractivity contribution in [2.24, 2.45) is 120 Å². The fourth-order valence-electron chi connectivity index (χ4n) is 23.8. The van der Waals surface area contributed by atoms with Gasteiger partial charge in [0.25, 0.3) is 0 Å². The van der Waals surface area contributed by atoms with Crippen molar-refractivity contribution in [1.82, 2.24) is 0 Å². The van der Waals surface area contributed by atoms with Crippen molar-refractivity contribution in [2.75, 3.05) is 0 Å². The number of fused-ring (bicyclic) bond motifs is 8. The molecule has 0 bridgehead atoms. The Hall–Kier alpha value is 0. The quantitative estimate of drug-likeness (QED) is 0.643. The molecule has 120 valence electrons. The molecule has 16 aliphatic carbocycles. The number of hydrogen-bond donors (Lipinski definition) is 0. The molecule has 16 rings (SSSR count). The Balaban J connectivity index is 1.24. The van der Waals surface area contributed by atoms with Crippen LogP contribution in [-0.4, -0.2) is 0 Å². The summed E-state index contributed by atoms with van der Waals surface area (Å²) in [7, 11) is 0. The van der Waals surface area contributed by atoms with Crippen LogP contribution in [-0.2, 0) is 0 Å². The molecular formula is C25H20. The van der Waals surface area contributed by atoms with Crippen molar-refractivity contribution < 1.29 is 0 Å². The van der Waals surface area contributed by atoms with Crippen LogP contribution < -0.4 is 0 Å². The first-order valence-electron chi connectivity index (χ1n) is 12.4. The van der Waals surface area contributed by atoms with Crippen molar-refractivity contribution in [2.45, 2.75) is 25.7 Å². The maximum Gasteiger partial charge on any atom is -0.00143 e. The van der Waals surface area contributed by atoms with E-state index >= 15 is 0 Å². The lowest BCUT2D eigenvalue weighted by atomic mass is 8.55. The van der Waals surface area contributed by atoms with Gasteiger partial charge in [-0.1, -0.05) is 0 Å². The molecule has 16 fully saturated rings. The van der Waals surface area contributed by atoms with Crippen molar-refractivity contribution in [3.8, 4) is 0 Å². The third kappa shape index (κ3) is 0.223. The number of rotatable bonds is 0. The molecule has 0 aliphatic heterocycles. The van der Waals surface area contributed by atoms with Crippen LogP contribution in [0.3, 0.4) is 0 Å². The molecule has 0 heteroatoms. The minimum atomic E-state index is 1.10. The molecule has 0 amide bonds. The highest BCUT2D eigenvalue weighted by atomic mass is 15.5. The number of hydrogen-bond acceptors (Lipinski definition) is 0. The summed E-state index contributed by atoms with van der Waals surface area (Å²) >= 11 is 0. The third-order valence-corrected chi connectivity index (χ3v) is 19.8. The van der Waals surface area contributed by atoms with E-state index in [4.69, 9.17) is 0 Å². The first-order valence-corrected chi connectivity index (χ1v) is 12.4. The second-order valence-corrected chi connectivity index (χ2v) is 15.4. The minimum absolute atomic E-state index is 1.10. The SMILES string of the molecule is C1C2C3[C@@H]4C[C@@H]5C6[C@@H]7C[C@@H]8C9[C@@H]%10C[C@@H]%11C%12[C@H]1C21C%122C%11%10C9%10C87C67C54C31C2%107. The van der Waals surface area contributed by atoms with Gasteiger partial charge >= 0.3 is 0 Å². The van der Waals surface area contributed by atoms with Crippen LogP contribution in [0.5, 0.6) is 0 Å². The minimum Gasteiger partial charge on any atom is -0.0458 e. The van der Waals surface area contributed by atoms with Crippen LogP contribution in [0.1, 0.15) is 25.7 Å². The van der Waals surface area contributed by atoms with E-state index in [1.807, 2.05) is 0 Å². The molecule has 14 unspecified atom stereocenters. The highest BCUT2D eigenvalue weighted by molar-refractivity contribution is 5.92. The van der Waals surface area contributed by atoms with Crippen LogP contribution in [0.25, 0.3) is 0 Å². The zero-order valence-electron chi connectivity index (χ0n) is 14.3. The predicted octanol–water partition coefficient (Wildman–Crippen LogP) is 3.04. The molecule has 16 aliphatic rings. The zero-order valence-corrected chi connectivity index (χ0v) is 14.3. The Bertz CT molecular complexity index is 961. The summed E-state index contributed by atoms with van der Waals surface area (Å²) in [5, 5.41) is 0. The lowest BCUT2D eigenvalue weighted by molar-refractivity contribution is -1.03. The van der Waals surface area contributed by atoms with Crippen molar-refractivity contribution in [1.29, 1.82) is 0 Å². The first kappa shape index (κ1) is 9.00. The third-order valence-electron chi connectivity index (χ3n) is 19.8. The monoisotopic (exact) mass is 320 g/mol. The molecule has 0 aromatic heterocycles. The lowest BCUT2D eigenvalue weighted by Gasteiger charge is -3.48. The largest absolute Gasteiger partial charge is 0.0458 e. The van der Waals surface area contributed by atoms with Crippen LogP contribution in [0.15, 0.2) is 0 Å². The average molecular weight is 320 g/mol. The second-order valence-electron chi connectivity index (χ2n) is 15.4. The maximum absolute atomic E-state index is 1.77.